The zero-order valence-corrected chi connectivity index (χ0v) is 10.2. The average Bonchev–Trinajstić information content (AvgIpc) is 3.16. The molecule has 1 aromatic rings. The van der Waals surface area contributed by atoms with Crippen molar-refractivity contribution in [3.05, 3.63) is 23.7 Å². The molecule has 2 heteroatoms. The second kappa shape index (κ2) is 3.92. The van der Waals surface area contributed by atoms with Gasteiger partial charge in [-0.3, -0.25) is 0 Å². The van der Waals surface area contributed by atoms with Crippen molar-refractivity contribution >= 4 is 0 Å². The summed E-state index contributed by atoms with van der Waals surface area (Å²) in [6.45, 7) is 6.69. The quantitative estimate of drug-likeness (QED) is 0.823. The fourth-order valence-electron chi connectivity index (χ4n) is 2.64. The van der Waals surface area contributed by atoms with E-state index in [0.29, 0.717) is 5.92 Å². The molecule has 4 atom stereocenters. The summed E-state index contributed by atoms with van der Waals surface area (Å²) < 4.78 is 5.98. The molecular formula is C14H21NO. The van der Waals surface area contributed by atoms with Gasteiger partial charge in [0.25, 0.3) is 0 Å². The highest BCUT2D eigenvalue weighted by molar-refractivity contribution is 5.23. The van der Waals surface area contributed by atoms with Gasteiger partial charge in [-0.25, -0.2) is 0 Å². The molecule has 0 spiro atoms. The van der Waals surface area contributed by atoms with E-state index in [9.17, 15) is 0 Å². The Hall–Kier alpha value is -0.760. The van der Waals surface area contributed by atoms with Crippen LogP contribution in [0.25, 0.3) is 0 Å². The Bertz CT molecular complexity index is 371. The molecule has 88 valence electrons. The van der Waals surface area contributed by atoms with Gasteiger partial charge in [-0.15, -0.1) is 0 Å². The Labute approximate surface area is 97.4 Å². The van der Waals surface area contributed by atoms with E-state index in [1.165, 1.54) is 24.4 Å². The Balaban J connectivity index is 1.58. The van der Waals surface area contributed by atoms with Gasteiger partial charge in [0.05, 0.1) is 0 Å². The number of rotatable bonds is 5. The summed E-state index contributed by atoms with van der Waals surface area (Å²) in [5.74, 6) is 5.54. The molecule has 2 saturated carbocycles. The standard InChI is InChI=1S/C14H21NO/c1-3-15-8-10-7-12(10)14-5-4-13(16-14)11-6-9(11)2/h4-5,9-12,15H,3,6-8H2,1-2H3. The number of hydrogen-bond donors (Lipinski definition) is 1. The van der Waals surface area contributed by atoms with Crippen LogP contribution in [0, 0.1) is 11.8 Å². The third-order valence-corrected chi connectivity index (χ3v) is 4.07. The minimum Gasteiger partial charge on any atom is -0.465 e. The first-order valence-electron chi connectivity index (χ1n) is 6.60. The van der Waals surface area contributed by atoms with E-state index in [4.69, 9.17) is 4.42 Å². The molecule has 0 aliphatic heterocycles. The van der Waals surface area contributed by atoms with Gasteiger partial charge in [0, 0.05) is 11.8 Å². The zero-order valence-electron chi connectivity index (χ0n) is 10.2. The fraction of sp³-hybridized carbons (Fsp3) is 0.714. The average molecular weight is 219 g/mol. The van der Waals surface area contributed by atoms with Crippen molar-refractivity contribution in [1.82, 2.24) is 5.32 Å². The first-order chi connectivity index (χ1) is 7.79. The van der Waals surface area contributed by atoms with Gasteiger partial charge in [0.15, 0.2) is 0 Å². The Morgan fingerprint density at radius 2 is 1.94 bits per heavy atom. The predicted molar refractivity (Wildman–Crippen MR) is 64.6 cm³/mol. The van der Waals surface area contributed by atoms with Gasteiger partial charge >= 0.3 is 0 Å². The molecule has 1 aromatic heterocycles. The molecule has 0 amide bonds. The lowest BCUT2D eigenvalue weighted by Gasteiger charge is -1.98. The Kier molecular flexibility index (Phi) is 2.55. The van der Waals surface area contributed by atoms with Crippen LogP contribution < -0.4 is 5.32 Å². The molecule has 2 nitrogen and oxygen atoms in total. The lowest BCUT2D eigenvalue weighted by molar-refractivity contribution is 0.455. The fourth-order valence-corrected chi connectivity index (χ4v) is 2.64. The van der Waals surface area contributed by atoms with Gasteiger partial charge in [-0.05, 0) is 49.9 Å². The summed E-state index contributed by atoms with van der Waals surface area (Å²) in [4.78, 5) is 0. The minimum atomic E-state index is 0.696. The monoisotopic (exact) mass is 219 g/mol. The largest absolute Gasteiger partial charge is 0.465 e. The van der Waals surface area contributed by atoms with Crippen LogP contribution >= 0.6 is 0 Å². The van der Waals surface area contributed by atoms with Gasteiger partial charge in [0.2, 0.25) is 0 Å². The first-order valence-corrected chi connectivity index (χ1v) is 6.60. The lowest BCUT2D eigenvalue weighted by atomic mass is 10.2. The van der Waals surface area contributed by atoms with E-state index in [2.05, 4.69) is 31.3 Å². The second-order valence-electron chi connectivity index (χ2n) is 5.47. The molecule has 16 heavy (non-hydrogen) atoms. The molecule has 2 aliphatic rings. The van der Waals surface area contributed by atoms with Crippen LogP contribution in [-0.4, -0.2) is 13.1 Å². The summed E-state index contributed by atoms with van der Waals surface area (Å²) in [6, 6.07) is 4.41. The van der Waals surface area contributed by atoms with Crippen LogP contribution in [0.4, 0.5) is 0 Å². The van der Waals surface area contributed by atoms with Crippen LogP contribution in [0.1, 0.15) is 50.0 Å². The molecular weight excluding hydrogens is 198 g/mol. The maximum Gasteiger partial charge on any atom is 0.107 e. The minimum absolute atomic E-state index is 0.696. The predicted octanol–water partition coefficient (Wildman–Crippen LogP) is 3.12. The molecule has 0 saturated heterocycles. The first kappa shape index (κ1) is 10.4. The molecule has 0 aromatic carbocycles. The number of hydrogen-bond acceptors (Lipinski definition) is 2. The molecule has 4 unspecified atom stereocenters. The van der Waals surface area contributed by atoms with Gasteiger partial charge in [0.1, 0.15) is 11.5 Å². The molecule has 2 aliphatic carbocycles. The third kappa shape index (κ3) is 1.91. The molecule has 0 bridgehead atoms. The van der Waals surface area contributed by atoms with Crippen molar-refractivity contribution in [2.75, 3.05) is 13.1 Å². The van der Waals surface area contributed by atoms with E-state index in [1.54, 1.807) is 0 Å². The summed E-state index contributed by atoms with van der Waals surface area (Å²) in [7, 11) is 0. The maximum absolute atomic E-state index is 5.98. The van der Waals surface area contributed by atoms with Gasteiger partial charge < -0.3 is 9.73 Å². The van der Waals surface area contributed by atoms with E-state index < -0.39 is 0 Å². The van der Waals surface area contributed by atoms with Crippen molar-refractivity contribution in [3.63, 3.8) is 0 Å². The zero-order chi connectivity index (χ0) is 11.1. The topological polar surface area (TPSA) is 25.2 Å². The van der Waals surface area contributed by atoms with Crippen LogP contribution in [0.15, 0.2) is 16.5 Å². The summed E-state index contributed by atoms with van der Waals surface area (Å²) in [5.41, 5.74) is 0. The Morgan fingerprint density at radius 3 is 2.56 bits per heavy atom. The lowest BCUT2D eigenvalue weighted by Crippen LogP contribution is -2.16. The van der Waals surface area contributed by atoms with Crippen molar-refractivity contribution in [2.24, 2.45) is 11.8 Å². The van der Waals surface area contributed by atoms with E-state index >= 15 is 0 Å². The third-order valence-electron chi connectivity index (χ3n) is 4.07. The SMILES string of the molecule is CCNCC1CC1c1ccc(C2CC2C)o1. The smallest absolute Gasteiger partial charge is 0.107 e. The van der Waals surface area contributed by atoms with E-state index in [1.807, 2.05) is 0 Å². The molecule has 3 rings (SSSR count). The molecule has 1 N–H and O–H groups in total. The van der Waals surface area contributed by atoms with Crippen LogP contribution in [0.3, 0.4) is 0 Å². The van der Waals surface area contributed by atoms with Gasteiger partial charge in [-0.2, -0.15) is 0 Å². The molecule has 2 fully saturated rings. The molecule has 1 heterocycles. The normalized spacial score (nSPS) is 36.4. The van der Waals surface area contributed by atoms with Crippen LogP contribution in [0.5, 0.6) is 0 Å². The number of furan rings is 1. The Morgan fingerprint density at radius 1 is 1.25 bits per heavy atom. The highest BCUT2D eigenvalue weighted by Gasteiger charge is 2.42. The van der Waals surface area contributed by atoms with Gasteiger partial charge in [-0.1, -0.05) is 13.8 Å². The van der Waals surface area contributed by atoms with Crippen LogP contribution in [-0.2, 0) is 0 Å². The number of nitrogens with one attached hydrogen (secondary N) is 1. The second-order valence-corrected chi connectivity index (χ2v) is 5.47. The summed E-state index contributed by atoms with van der Waals surface area (Å²) in [5, 5.41) is 3.42. The highest BCUT2D eigenvalue weighted by atomic mass is 16.3. The maximum atomic E-state index is 5.98. The van der Waals surface area contributed by atoms with Crippen LogP contribution in [0.2, 0.25) is 0 Å². The molecule has 0 radical (unpaired) electrons. The highest BCUT2D eigenvalue weighted by Crippen LogP contribution is 2.51. The van der Waals surface area contributed by atoms with E-state index in [0.717, 1.165) is 30.8 Å². The van der Waals surface area contributed by atoms with Crippen molar-refractivity contribution in [2.45, 2.75) is 38.5 Å². The van der Waals surface area contributed by atoms with Crippen molar-refractivity contribution < 1.29 is 4.42 Å². The van der Waals surface area contributed by atoms with E-state index in [-0.39, 0.29) is 0 Å². The summed E-state index contributed by atoms with van der Waals surface area (Å²) in [6.07, 6.45) is 2.62. The summed E-state index contributed by atoms with van der Waals surface area (Å²) >= 11 is 0. The van der Waals surface area contributed by atoms with Crippen molar-refractivity contribution in [3.8, 4) is 0 Å². The van der Waals surface area contributed by atoms with Crippen molar-refractivity contribution in [1.29, 1.82) is 0 Å².